The lowest BCUT2D eigenvalue weighted by Gasteiger charge is -2.13. The van der Waals surface area contributed by atoms with Gasteiger partial charge in [0.15, 0.2) is 17.5 Å². The summed E-state index contributed by atoms with van der Waals surface area (Å²) in [5, 5.41) is 8.50. The molecule has 0 saturated heterocycles. The molecule has 0 bridgehead atoms. The first-order chi connectivity index (χ1) is 13.8. The Morgan fingerprint density at radius 2 is 1.83 bits per heavy atom. The van der Waals surface area contributed by atoms with Gasteiger partial charge in [0.25, 0.3) is 0 Å². The van der Waals surface area contributed by atoms with E-state index in [0.29, 0.717) is 12.5 Å². The summed E-state index contributed by atoms with van der Waals surface area (Å²) in [5.74, 6) is -1.29. The van der Waals surface area contributed by atoms with Gasteiger partial charge in [0, 0.05) is 32.4 Å². The van der Waals surface area contributed by atoms with Crippen molar-refractivity contribution in [3.8, 4) is 5.75 Å². The van der Waals surface area contributed by atoms with Gasteiger partial charge in [-0.3, -0.25) is 4.99 Å². The third-order valence-corrected chi connectivity index (χ3v) is 3.42. The second kappa shape index (κ2) is 12.3. The van der Waals surface area contributed by atoms with Crippen molar-refractivity contribution in [2.45, 2.75) is 6.18 Å². The van der Waals surface area contributed by atoms with Crippen molar-refractivity contribution < 1.29 is 26.7 Å². The molecule has 166 valence electrons. The highest BCUT2D eigenvalue weighted by Crippen LogP contribution is 2.27. The van der Waals surface area contributed by atoms with Crippen LogP contribution in [0, 0.1) is 11.6 Å². The Morgan fingerprint density at radius 1 is 1.10 bits per heavy atom. The first-order valence-electron chi connectivity index (χ1n) is 8.46. The monoisotopic (exact) mass is 546 g/mol. The van der Waals surface area contributed by atoms with Gasteiger partial charge in [-0.15, -0.1) is 24.0 Å². The van der Waals surface area contributed by atoms with Crippen LogP contribution in [0.5, 0.6) is 5.75 Å². The molecule has 2 rings (SSSR count). The molecule has 3 N–H and O–H groups in total. The summed E-state index contributed by atoms with van der Waals surface area (Å²) in [6.07, 6.45) is -3.52. The minimum absolute atomic E-state index is 0. The number of nitrogens with one attached hydrogen (secondary N) is 3. The zero-order valence-electron chi connectivity index (χ0n) is 15.8. The molecule has 0 amide bonds. The number of ether oxygens (including phenoxy) is 1. The number of anilines is 1. The maximum Gasteiger partial charge on any atom is 0.433 e. The molecule has 1 aromatic heterocycles. The van der Waals surface area contributed by atoms with Crippen LogP contribution >= 0.6 is 24.0 Å². The zero-order valence-corrected chi connectivity index (χ0v) is 18.1. The van der Waals surface area contributed by atoms with Crippen LogP contribution in [0.2, 0.25) is 0 Å². The Bertz CT molecular complexity index is 837. The summed E-state index contributed by atoms with van der Waals surface area (Å²) in [6.45, 7) is 0.923. The SMILES string of the molecule is CN=C(NCCNc1nccc(C(F)(F)F)n1)NCCOc1ccc(F)cc1F.I. The van der Waals surface area contributed by atoms with E-state index >= 15 is 0 Å². The topological polar surface area (TPSA) is 83.5 Å². The van der Waals surface area contributed by atoms with E-state index in [-0.39, 0.29) is 55.4 Å². The van der Waals surface area contributed by atoms with E-state index in [9.17, 15) is 22.0 Å². The van der Waals surface area contributed by atoms with Crippen molar-refractivity contribution in [1.29, 1.82) is 0 Å². The molecule has 0 unspecified atom stereocenters. The largest absolute Gasteiger partial charge is 0.489 e. The van der Waals surface area contributed by atoms with Crippen LogP contribution in [0.1, 0.15) is 5.69 Å². The Morgan fingerprint density at radius 3 is 2.50 bits per heavy atom. The van der Waals surface area contributed by atoms with E-state index in [4.69, 9.17) is 4.74 Å². The Hall–Kier alpha value is -2.45. The van der Waals surface area contributed by atoms with Gasteiger partial charge in [-0.25, -0.2) is 18.7 Å². The lowest BCUT2D eigenvalue weighted by molar-refractivity contribution is -0.141. The molecule has 2 aromatic rings. The fourth-order valence-electron chi connectivity index (χ4n) is 2.10. The average molecular weight is 546 g/mol. The number of benzene rings is 1. The number of aromatic nitrogens is 2. The molecule has 30 heavy (non-hydrogen) atoms. The third-order valence-electron chi connectivity index (χ3n) is 3.42. The maximum atomic E-state index is 13.4. The van der Waals surface area contributed by atoms with Crippen LogP contribution in [-0.4, -0.2) is 49.2 Å². The molecule has 0 atom stereocenters. The van der Waals surface area contributed by atoms with Crippen LogP contribution in [0.15, 0.2) is 35.5 Å². The van der Waals surface area contributed by atoms with Gasteiger partial charge in [0.1, 0.15) is 18.1 Å². The lowest BCUT2D eigenvalue weighted by Crippen LogP contribution is -2.41. The van der Waals surface area contributed by atoms with E-state index in [1.165, 1.54) is 13.1 Å². The first kappa shape index (κ1) is 25.6. The number of hydrogen-bond acceptors (Lipinski definition) is 5. The molecule has 1 aromatic carbocycles. The highest BCUT2D eigenvalue weighted by Gasteiger charge is 2.32. The van der Waals surface area contributed by atoms with Crippen molar-refractivity contribution in [2.75, 3.05) is 38.6 Å². The average Bonchev–Trinajstić information content (AvgIpc) is 2.67. The molecular formula is C17H20F5IN6O. The van der Waals surface area contributed by atoms with E-state index in [1.807, 2.05) is 0 Å². The highest BCUT2D eigenvalue weighted by molar-refractivity contribution is 14.0. The zero-order chi connectivity index (χ0) is 21.3. The van der Waals surface area contributed by atoms with Gasteiger partial charge in [0.05, 0.1) is 6.54 Å². The first-order valence-corrected chi connectivity index (χ1v) is 8.46. The van der Waals surface area contributed by atoms with Crippen molar-refractivity contribution in [1.82, 2.24) is 20.6 Å². The molecule has 0 aliphatic heterocycles. The number of rotatable bonds is 8. The van der Waals surface area contributed by atoms with Crippen molar-refractivity contribution in [3.05, 3.63) is 47.8 Å². The maximum absolute atomic E-state index is 13.4. The van der Waals surface area contributed by atoms with Gasteiger partial charge in [-0.05, 0) is 18.2 Å². The second-order valence-corrected chi connectivity index (χ2v) is 5.54. The molecule has 0 fully saturated rings. The number of aliphatic imine (C=N–C) groups is 1. The number of guanidine groups is 1. The molecule has 13 heteroatoms. The van der Waals surface area contributed by atoms with Gasteiger partial charge in [-0.2, -0.15) is 13.2 Å². The number of halogens is 6. The summed E-state index contributed by atoms with van der Waals surface area (Å²) >= 11 is 0. The number of alkyl halides is 3. The highest BCUT2D eigenvalue weighted by atomic mass is 127. The van der Waals surface area contributed by atoms with Gasteiger partial charge < -0.3 is 20.7 Å². The van der Waals surface area contributed by atoms with E-state index in [2.05, 4.69) is 30.9 Å². The Kier molecular flexibility index (Phi) is 10.5. The van der Waals surface area contributed by atoms with E-state index in [0.717, 1.165) is 24.4 Å². The fraction of sp³-hybridized carbons (Fsp3) is 0.353. The van der Waals surface area contributed by atoms with Crippen LogP contribution in [-0.2, 0) is 6.18 Å². The summed E-state index contributed by atoms with van der Waals surface area (Å²) in [5.41, 5.74) is -1.03. The predicted molar refractivity (Wildman–Crippen MR) is 112 cm³/mol. The normalized spacial score (nSPS) is 11.5. The minimum Gasteiger partial charge on any atom is -0.489 e. The smallest absolute Gasteiger partial charge is 0.433 e. The number of nitrogens with zero attached hydrogens (tertiary/aromatic N) is 3. The van der Waals surface area contributed by atoms with Crippen LogP contribution in [0.25, 0.3) is 0 Å². The van der Waals surface area contributed by atoms with E-state index in [1.54, 1.807) is 0 Å². The molecule has 0 aliphatic rings. The van der Waals surface area contributed by atoms with Gasteiger partial charge in [-0.1, -0.05) is 0 Å². The lowest BCUT2D eigenvalue weighted by atomic mass is 10.3. The molecule has 0 spiro atoms. The molecular weight excluding hydrogens is 526 g/mol. The summed E-state index contributed by atoms with van der Waals surface area (Å²) in [7, 11) is 1.53. The summed E-state index contributed by atoms with van der Waals surface area (Å²) in [6, 6.07) is 3.80. The summed E-state index contributed by atoms with van der Waals surface area (Å²) in [4.78, 5) is 11.1. The van der Waals surface area contributed by atoms with Gasteiger partial charge in [0.2, 0.25) is 5.95 Å². The van der Waals surface area contributed by atoms with Gasteiger partial charge >= 0.3 is 6.18 Å². The molecule has 0 saturated carbocycles. The van der Waals surface area contributed by atoms with Crippen LogP contribution in [0.3, 0.4) is 0 Å². The number of hydrogen-bond donors (Lipinski definition) is 3. The molecule has 7 nitrogen and oxygen atoms in total. The Balaban J connectivity index is 0.00000450. The fourth-order valence-corrected chi connectivity index (χ4v) is 2.10. The quantitative estimate of drug-likeness (QED) is 0.155. The molecule has 0 aliphatic carbocycles. The van der Waals surface area contributed by atoms with Crippen molar-refractivity contribution in [3.63, 3.8) is 0 Å². The van der Waals surface area contributed by atoms with Crippen molar-refractivity contribution >= 4 is 35.9 Å². The predicted octanol–water partition coefficient (Wildman–Crippen LogP) is 3.05. The van der Waals surface area contributed by atoms with E-state index < -0.39 is 23.5 Å². The molecule has 1 heterocycles. The standard InChI is InChI=1S/C17H19F5N6O.HI/c1-23-15(27-8-9-29-13-3-2-11(18)10-12(13)19)25-6-7-26-16-24-5-4-14(28-16)17(20,21)22;/h2-5,10H,6-9H2,1H3,(H2,23,25,27)(H,24,26,28);1H. The second-order valence-electron chi connectivity index (χ2n) is 5.54. The van der Waals surface area contributed by atoms with Crippen molar-refractivity contribution in [2.24, 2.45) is 4.99 Å². The van der Waals surface area contributed by atoms with Crippen LogP contribution in [0.4, 0.5) is 27.9 Å². The Labute approximate surface area is 186 Å². The molecule has 0 radical (unpaired) electrons. The third kappa shape index (κ3) is 8.51. The summed E-state index contributed by atoms with van der Waals surface area (Å²) < 4.78 is 69.3. The minimum atomic E-state index is -4.54. The van der Waals surface area contributed by atoms with Crippen LogP contribution < -0.4 is 20.7 Å².